The Bertz CT molecular complexity index is 1140. The van der Waals surface area contributed by atoms with E-state index in [1.165, 1.54) is 28.8 Å². The van der Waals surface area contributed by atoms with E-state index in [2.05, 4.69) is 5.32 Å². The van der Waals surface area contributed by atoms with Gasteiger partial charge < -0.3 is 15.5 Å². The van der Waals surface area contributed by atoms with Gasteiger partial charge in [0.05, 0.1) is 4.91 Å². The van der Waals surface area contributed by atoms with Gasteiger partial charge in [-0.1, -0.05) is 60.4 Å². The van der Waals surface area contributed by atoms with Crippen LogP contribution in [0.25, 0.3) is 6.08 Å². The number of hydrogen-bond acceptors (Lipinski definition) is 6. The van der Waals surface area contributed by atoms with Crippen molar-refractivity contribution >= 4 is 57.8 Å². The first kappa shape index (κ1) is 23.2. The van der Waals surface area contributed by atoms with Gasteiger partial charge in [-0.3, -0.25) is 14.5 Å². The SMILES string of the molecule is CC(=Cc1ccccc1)C=C1SC(=S)N(CCC(=O)Nc2ccc(C(=O)O)c(O)c2)C1=O. The summed E-state index contributed by atoms with van der Waals surface area (Å²) in [5.41, 5.74) is 1.92. The Kier molecular flexibility index (Phi) is 7.45. The van der Waals surface area contributed by atoms with E-state index in [-0.39, 0.29) is 30.1 Å². The summed E-state index contributed by atoms with van der Waals surface area (Å²) in [6.07, 6.45) is 3.73. The van der Waals surface area contributed by atoms with Crippen LogP contribution < -0.4 is 5.32 Å². The Morgan fingerprint density at radius 2 is 1.91 bits per heavy atom. The number of carboxylic acids is 1. The van der Waals surface area contributed by atoms with Crippen LogP contribution in [0.5, 0.6) is 5.75 Å². The number of nitrogens with zero attached hydrogens (tertiary/aromatic N) is 1. The molecule has 1 heterocycles. The fourth-order valence-corrected chi connectivity index (χ4v) is 4.34. The van der Waals surface area contributed by atoms with Gasteiger partial charge in [0.1, 0.15) is 15.6 Å². The largest absolute Gasteiger partial charge is 0.507 e. The zero-order chi connectivity index (χ0) is 23.3. The lowest BCUT2D eigenvalue weighted by molar-refractivity contribution is -0.122. The monoisotopic (exact) mass is 468 g/mol. The molecule has 1 saturated heterocycles. The van der Waals surface area contributed by atoms with Gasteiger partial charge >= 0.3 is 5.97 Å². The Morgan fingerprint density at radius 1 is 1.19 bits per heavy atom. The van der Waals surface area contributed by atoms with Crippen LogP contribution in [0, 0.1) is 0 Å². The van der Waals surface area contributed by atoms with E-state index in [4.69, 9.17) is 17.3 Å². The van der Waals surface area contributed by atoms with Gasteiger partial charge in [-0.15, -0.1) is 0 Å². The lowest BCUT2D eigenvalue weighted by atomic mass is 10.1. The molecular formula is C23H20N2O5S2. The molecule has 0 aromatic heterocycles. The highest BCUT2D eigenvalue weighted by atomic mass is 32.2. The standard InChI is InChI=1S/C23H20N2O5S2/c1-14(11-15-5-3-2-4-6-15)12-19-21(28)25(23(31)32-19)10-9-20(27)24-16-7-8-17(22(29)30)18(26)13-16/h2-8,11-13,26H,9-10H2,1H3,(H,24,27)(H,29,30). The minimum atomic E-state index is -1.27. The van der Waals surface area contributed by atoms with Gasteiger partial charge in [-0.25, -0.2) is 4.79 Å². The molecule has 0 bridgehead atoms. The number of aromatic hydroxyl groups is 1. The highest BCUT2D eigenvalue weighted by Crippen LogP contribution is 2.32. The van der Waals surface area contributed by atoms with Crippen LogP contribution in [-0.4, -0.2) is 43.8 Å². The number of thiocarbonyl (C=S) groups is 1. The second-order valence-corrected chi connectivity index (χ2v) is 8.64. The molecule has 0 aliphatic carbocycles. The Morgan fingerprint density at radius 3 is 2.56 bits per heavy atom. The van der Waals surface area contributed by atoms with Crippen molar-refractivity contribution in [3.8, 4) is 5.75 Å². The van der Waals surface area contributed by atoms with E-state index in [1.807, 2.05) is 43.3 Å². The molecule has 1 fully saturated rings. The maximum Gasteiger partial charge on any atom is 0.339 e. The van der Waals surface area contributed by atoms with Crippen molar-refractivity contribution in [1.29, 1.82) is 0 Å². The van der Waals surface area contributed by atoms with E-state index in [0.29, 0.717) is 9.23 Å². The van der Waals surface area contributed by atoms with Gasteiger partial charge in [0, 0.05) is 24.7 Å². The highest BCUT2D eigenvalue weighted by Gasteiger charge is 2.32. The number of aromatic carboxylic acids is 1. The predicted molar refractivity (Wildman–Crippen MR) is 128 cm³/mol. The van der Waals surface area contributed by atoms with Gasteiger partial charge in [0.2, 0.25) is 5.91 Å². The zero-order valence-corrected chi connectivity index (χ0v) is 18.7. The van der Waals surface area contributed by atoms with Crippen molar-refractivity contribution in [3.63, 3.8) is 0 Å². The van der Waals surface area contributed by atoms with Crippen LogP contribution in [0.4, 0.5) is 5.69 Å². The van der Waals surface area contributed by atoms with Gasteiger partial charge in [0.15, 0.2) is 0 Å². The number of carbonyl (C=O) groups is 3. The van der Waals surface area contributed by atoms with Gasteiger partial charge in [-0.2, -0.15) is 0 Å². The minimum Gasteiger partial charge on any atom is -0.507 e. The Labute approximate surface area is 194 Å². The molecule has 2 amide bonds. The van der Waals surface area contributed by atoms with Gasteiger partial charge in [-0.05, 0) is 36.3 Å². The fraction of sp³-hybridized carbons (Fsp3) is 0.130. The summed E-state index contributed by atoms with van der Waals surface area (Å²) in [4.78, 5) is 37.8. The number of carboxylic acid groups (broad SMARTS) is 1. The number of benzene rings is 2. The molecule has 0 saturated carbocycles. The van der Waals surface area contributed by atoms with Crippen molar-refractivity contribution in [1.82, 2.24) is 4.90 Å². The average Bonchev–Trinajstić information content (AvgIpc) is 2.99. The fourth-order valence-electron chi connectivity index (χ4n) is 2.98. The molecule has 0 radical (unpaired) electrons. The highest BCUT2D eigenvalue weighted by molar-refractivity contribution is 8.26. The number of carbonyl (C=O) groups excluding carboxylic acids is 2. The second kappa shape index (κ2) is 10.3. The first-order valence-electron chi connectivity index (χ1n) is 9.59. The lowest BCUT2D eigenvalue weighted by Crippen LogP contribution is -2.31. The summed E-state index contributed by atoms with van der Waals surface area (Å²) in [7, 11) is 0. The summed E-state index contributed by atoms with van der Waals surface area (Å²) in [6.45, 7) is 2.01. The van der Waals surface area contributed by atoms with Crippen LogP contribution >= 0.6 is 24.0 Å². The van der Waals surface area contributed by atoms with E-state index in [1.54, 1.807) is 6.08 Å². The molecule has 2 aromatic rings. The molecule has 9 heteroatoms. The molecule has 0 spiro atoms. The maximum atomic E-state index is 12.7. The zero-order valence-electron chi connectivity index (χ0n) is 17.1. The van der Waals surface area contributed by atoms with E-state index in [9.17, 15) is 19.5 Å². The number of thioether (sulfide) groups is 1. The number of phenols is 1. The average molecular weight is 469 g/mol. The van der Waals surface area contributed by atoms with Crippen LogP contribution in [0.3, 0.4) is 0 Å². The first-order chi connectivity index (χ1) is 15.2. The predicted octanol–water partition coefficient (Wildman–Crippen LogP) is 4.27. The smallest absolute Gasteiger partial charge is 0.339 e. The summed E-state index contributed by atoms with van der Waals surface area (Å²) in [6, 6.07) is 13.5. The minimum absolute atomic E-state index is 0.0139. The molecule has 0 unspecified atom stereocenters. The van der Waals surface area contributed by atoms with E-state index in [0.717, 1.165) is 17.2 Å². The van der Waals surface area contributed by atoms with Crippen molar-refractivity contribution in [2.24, 2.45) is 0 Å². The van der Waals surface area contributed by atoms with Crippen molar-refractivity contribution in [2.75, 3.05) is 11.9 Å². The molecular weight excluding hydrogens is 448 g/mol. The quantitative estimate of drug-likeness (QED) is 0.412. The summed E-state index contributed by atoms with van der Waals surface area (Å²) < 4.78 is 0.380. The number of hydrogen-bond donors (Lipinski definition) is 3. The third kappa shape index (κ3) is 5.83. The maximum absolute atomic E-state index is 12.7. The second-order valence-electron chi connectivity index (χ2n) is 6.97. The van der Waals surface area contributed by atoms with Crippen LogP contribution in [0.15, 0.2) is 65.1 Å². The van der Waals surface area contributed by atoms with Crippen molar-refractivity contribution in [2.45, 2.75) is 13.3 Å². The molecule has 1 aliphatic rings. The van der Waals surface area contributed by atoms with Crippen LogP contribution in [-0.2, 0) is 9.59 Å². The van der Waals surface area contributed by atoms with Crippen molar-refractivity contribution < 1.29 is 24.6 Å². The number of allylic oxidation sites excluding steroid dienone is 2. The summed E-state index contributed by atoms with van der Waals surface area (Å²) >= 11 is 6.49. The third-order valence-electron chi connectivity index (χ3n) is 4.50. The molecule has 1 aliphatic heterocycles. The van der Waals surface area contributed by atoms with E-state index >= 15 is 0 Å². The molecule has 2 aromatic carbocycles. The number of amides is 2. The summed E-state index contributed by atoms with van der Waals surface area (Å²) in [5.74, 6) is -2.37. The third-order valence-corrected chi connectivity index (χ3v) is 5.88. The van der Waals surface area contributed by atoms with Crippen molar-refractivity contribution in [3.05, 3.63) is 76.2 Å². The Hall–Kier alpha value is -3.43. The topological polar surface area (TPSA) is 107 Å². The molecule has 164 valence electrons. The van der Waals surface area contributed by atoms with Gasteiger partial charge in [0.25, 0.3) is 5.91 Å². The van der Waals surface area contributed by atoms with E-state index < -0.39 is 17.6 Å². The molecule has 3 N–H and O–H groups in total. The van der Waals surface area contributed by atoms with Crippen LogP contribution in [0.1, 0.15) is 29.3 Å². The summed E-state index contributed by atoms with van der Waals surface area (Å²) in [5, 5.41) is 21.2. The Balaban J connectivity index is 1.59. The number of rotatable bonds is 7. The molecule has 3 rings (SSSR count). The van der Waals surface area contributed by atoms with Crippen LogP contribution in [0.2, 0.25) is 0 Å². The number of nitrogens with one attached hydrogen (secondary N) is 1. The first-order valence-corrected chi connectivity index (χ1v) is 10.8. The lowest BCUT2D eigenvalue weighted by Gasteiger charge is -2.14. The molecule has 0 atom stereocenters. The number of anilines is 1. The molecule has 7 nitrogen and oxygen atoms in total. The molecule has 32 heavy (non-hydrogen) atoms. The normalized spacial score (nSPS) is 15.3.